The lowest BCUT2D eigenvalue weighted by atomic mass is 10.2. The molecule has 0 atom stereocenters. The predicted octanol–water partition coefficient (Wildman–Crippen LogP) is 5.97. The molecule has 0 saturated carbocycles. The summed E-state index contributed by atoms with van der Waals surface area (Å²) in [7, 11) is 1.59. The third kappa shape index (κ3) is 5.56. The molecule has 0 heterocycles. The highest BCUT2D eigenvalue weighted by atomic mass is 35.5. The number of hydrogen-bond donors (Lipinski definition) is 1. The highest BCUT2D eigenvalue weighted by Crippen LogP contribution is 2.35. The minimum atomic E-state index is 0.238. The Kier molecular flexibility index (Phi) is 7.22. The van der Waals surface area contributed by atoms with Crippen LogP contribution < -0.4 is 14.2 Å². The molecule has 0 radical (unpaired) electrons. The molecule has 5 nitrogen and oxygen atoms in total. The monoisotopic (exact) mass is 431 g/mol. The van der Waals surface area contributed by atoms with Gasteiger partial charge in [-0.25, -0.2) is 0 Å². The summed E-state index contributed by atoms with van der Waals surface area (Å²) in [5.74, 6) is 1.60. The molecule has 0 spiro atoms. The zero-order valence-electron chi connectivity index (χ0n) is 15.6. The second-order valence-electron chi connectivity index (χ2n) is 6.11. The van der Waals surface area contributed by atoms with E-state index in [0.717, 1.165) is 11.1 Å². The largest absolute Gasteiger partial charge is 0.493 e. The van der Waals surface area contributed by atoms with Crippen molar-refractivity contribution in [3.05, 3.63) is 87.4 Å². The van der Waals surface area contributed by atoms with Crippen LogP contribution in [0.5, 0.6) is 17.2 Å². The highest BCUT2D eigenvalue weighted by molar-refractivity contribution is 6.37. The van der Waals surface area contributed by atoms with Crippen molar-refractivity contribution in [3.8, 4) is 17.2 Å². The van der Waals surface area contributed by atoms with Crippen LogP contribution in [0.15, 0.2) is 65.8 Å². The summed E-state index contributed by atoms with van der Waals surface area (Å²) in [6.07, 6.45) is 1.24. The van der Waals surface area contributed by atoms with Crippen LogP contribution in [-0.4, -0.2) is 18.5 Å². The molecule has 0 bridgehead atoms. The number of ether oxygens (including phenoxy) is 3. The van der Waals surface area contributed by atoms with Crippen LogP contribution in [0.25, 0.3) is 0 Å². The van der Waals surface area contributed by atoms with Gasteiger partial charge >= 0.3 is 0 Å². The Morgan fingerprint density at radius 3 is 2.21 bits per heavy atom. The maximum Gasteiger partial charge on any atom is 0.161 e. The molecule has 0 aliphatic rings. The van der Waals surface area contributed by atoms with Crippen molar-refractivity contribution < 1.29 is 19.4 Å². The van der Waals surface area contributed by atoms with Crippen molar-refractivity contribution in [2.75, 3.05) is 7.11 Å². The number of halogens is 2. The molecule has 0 amide bonds. The van der Waals surface area contributed by atoms with Gasteiger partial charge in [0, 0.05) is 0 Å². The maximum atomic E-state index is 8.63. The van der Waals surface area contributed by atoms with Gasteiger partial charge < -0.3 is 19.4 Å². The van der Waals surface area contributed by atoms with E-state index < -0.39 is 0 Å². The lowest BCUT2D eigenvalue weighted by Crippen LogP contribution is -2.01. The van der Waals surface area contributed by atoms with Crippen molar-refractivity contribution in [1.82, 2.24) is 0 Å². The first kappa shape index (κ1) is 20.8. The number of nitrogens with zero attached hydrogens (tertiary/aromatic N) is 1. The van der Waals surface area contributed by atoms with Gasteiger partial charge in [-0.3, -0.25) is 0 Å². The average Bonchev–Trinajstić information content (AvgIpc) is 2.73. The first-order chi connectivity index (χ1) is 14.1. The molecule has 29 heavy (non-hydrogen) atoms. The molecule has 0 aliphatic heterocycles. The normalized spacial score (nSPS) is 10.9. The molecule has 3 rings (SSSR count). The van der Waals surface area contributed by atoms with Gasteiger partial charge in [0.2, 0.25) is 0 Å². The Bertz CT molecular complexity index is 970. The van der Waals surface area contributed by atoms with Gasteiger partial charge in [0.15, 0.2) is 17.2 Å². The Labute approximate surface area is 179 Å². The quantitative estimate of drug-likeness (QED) is 0.271. The SMILES string of the molecule is COc1cc(COc2c(Cl)cc(C=NO)cc2Cl)ccc1OCc1ccccc1. The first-order valence-electron chi connectivity index (χ1n) is 8.73. The van der Waals surface area contributed by atoms with Crippen LogP contribution in [0, 0.1) is 0 Å². The number of rotatable bonds is 8. The fourth-order valence-electron chi connectivity index (χ4n) is 2.67. The van der Waals surface area contributed by atoms with E-state index in [0.29, 0.717) is 39.5 Å². The number of oxime groups is 1. The topological polar surface area (TPSA) is 60.3 Å². The maximum absolute atomic E-state index is 8.63. The molecule has 0 saturated heterocycles. The number of benzene rings is 3. The zero-order valence-corrected chi connectivity index (χ0v) is 17.2. The highest BCUT2D eigenvalue weighted by Gasteiger charge is 2.11. The van der Waals surface area contributed by atoms with Gasteiger partial charge in [-0.05, 0) is 41.0 Å². The first-order valence-corrected chi connectivity index (χ1v) is 9.49. The average molecular weight is 432 g/mol. The van der Waals surface area contributed by atoms with Gasteiger partial charge in [-0.1, -0.05) is 64.8 Å². The molecular formula is C22H19Cl2NO4. The van der Waals surface area contributed by atoms with Crippen LogP contribution in [0.3, 0.4) is 0 Å². The Morgan fingerprint density at radius 2 is 1.55 bits per heavy atom. The molecule has 3 aromatic rings. The minimum absolute atomic E-state index is 0.238. The van der Waals surface area contributed by atoms with Crippen LogP contribution in [0.1, 0.15) is 16.7 Å². The van der Waals surface area contributed by atoms with E-state index in [2.05, 4.69) is 5.16 Å². The smallest absolute Gasteiger partial charge is 0.161 e. The zero-order chi connectivity index (χ0) is 20.6. The number of hydrogen-bond acceptors (Lipinski definition) is 5. The summed E-state index contributed by atoms with van der Waals surface area (Å²) >= 11 is 12.4. The van der Waals surface area contributed by atoms with E-state index in [9.17, 15) is 0 Å². The van der Waals surface area contributed by atoms with Gasteiger partial charge in [-0.15, -0.1) is 0 Å². The third-order valence-corrected chi connectivity index (χ3v) is 4.64. The lowest BCUT2D eigenvalue weighted by Gasteiger charge is -2.14. The second kappa shape index (κ2) is 10.0. The summed E-state index contributed by atoms with van der Waals surface area (Å²) in [6.45, 7) is 0.684. The van der Waals surface area contributed by atoms with Crippen LogP contribution >= 0.6 is 23.2 Å². The fourth-order valence-corrected chi connectivity index (χ4v) is 3.28. The van der Waals surface area contributed by atoms with Crippen molar-refractivity contribution in [2.24, 2.45) is 5.16 Å². The Hall–Kier alpha value is -2.89. The molecule has 0 aliphatic carbocycles. The summed E-state index contributed by atoms with van der Waals surface area (Å²) in [6, 6.07) is 18.7. The van der Waals surface area contributed by atoms with Crippen LogP contribution in [0.2, 0.25) is 10.0 Å². The van der Waals surface area contributed by atoms with Crippen molar-refractivity contribution in [3.63, 3.8) is 0 Å². The standard InChI is InChI=1S/C22H19Cl2NO4/c1-27-21-11-16(7-8-20(21)28-13-15-5-3-2-4-6-15)14-29-22-18(23)9-17(12-25-26)10-19(22)24/h2-12,26H,13-14H2,1H3. The van der Waals surface area contributed by atoms with E-state index in [-0.39, 0.29) is 6.61 Å². The van der Waals surface area contributed by atoms with Crippen LogP contribution in [0.4, 0.5) is 0 Å². The lowest BCUT2D eigenvalue weighted by molar-refractivity contribution is 0.281. The molecule has 1 N–H and O–H groups in total. The summed E-state index contributed by atoms with van der Waals surface area (Å²) in [5, 5.41) is 12.2. The second-order valence-corrected chi connectivity index (χ2v) is 6.92. The van der Waals surface area contributed by atoms with Gasteiger partial charge in [0.25, 0.3) is 0 Å². The van der Waals surface area contributed by atoms with Crippen molar-refractivity contribution in [2.45, 2.75) is 13.2 Å². The number of methoxy groups -OCH3 is 1. The van der Waals surface area contributed by atoms with E-state index in [4.69, 9.17) is 42.6 Å². The molecule has 150 valence electrons. The van der Waals surface area contributed by atoms with E-state index in [1.807, 2.05) is 48.5 Å². The predicted molar refractivity (Wildman–Crippen MR) is 114 cm³/mol. The third-order valence-electron chi connectivity index (χ3n) is 4.08. The summed E-state index contributed by atoms with van der Waals surface area (Å²) in [4.78, 5) is 0. The van der Waals surface area contributed by atoms with Crippen molar-refractivity contribution >= 4 is 29.4 Å². The van der Waals surface area contributed by atoms with E-state index in [1.54, 1.807) is 19.2 Å². The van der Waals surface area contributed by atoms with Crippen molar-refractivity contribution in [1.29, 1.82) is 0 Å². The van der Waals surface area contributed by atoms with Gasteiger partial charge in [0.1, 0.15) is 13.2 Å². The molecule has 0 unspecified atom stereocenters. The molecule has 3 aromatic carbocycles. The molecule has 7 heteroatoms. The summed E-state index contributed by atoms with van der Waals surface area (Å²) < 4.78 is 17.1. The Balaban J connectivity index is 1.69. The fraction of sp³-hybridized carbons (Fsp3) is 0.136. The Morgan fingerprint density at radius 1 is 0.862 bits per heavy atom. The molecule has 0 fully saturated rings. The van der Waals surface area contributed by atoms with E-state index in [1.165, 1.54) is 6.21 Å². The van der Waals surface area contributed by atoms with Crippen LogP contribution in [-0.2, 0) is 13.2 Å². The van der Waals surface area contributed by atoms with E-state index >= 15 is 0 Å². The van der Waals surface area contributed by atoms with Gasteiger partial charge in [0.05, 0.1) is 23.4 Å². The molecule has 0 aromatic heterocycles. The minimum Gasteiger partial charge on any atom is -0.493 e. The van der Waals surface area contributed by atoms with Gasteiger partial charge in [-0.2, -0.15) is 0 Å². The molecular weight excluding hydrogens is 413 g/mol. The summed E-state index contributed by atoms with van der Waals surface area (Å²) in [5.41, 5.74) is 2.50.